The number of carbonyl (C=O) groups excluding carboxylic acids is 1. The quantitative estimate of drug-likeness (QED) is 0.613. The summed E-state index contributed by atoms with van der Waals surface area (Å²) in [4.78, 5) is 18.8. The smallest absolute Gasteiger partial charge is 0.358 e. The average molecular weight is 193 g/mol. The molecule has 2 N–H and O–H groups in total. The lowest BCUT2D eigenvalue weighted by Gasteiger charge is -1.97. The first kappa shape index (κ1) is 8.42. The zero-order valence-electron chi connectivity index (χ0n) is 7.34. The summed E-state index contributed by atoms with van der Waals surface area (Å²) in [5.74, 6) is -0.394. The van der Waals surface area contributed by atoms with Gasteiger partial charge in [-0.05, 0) is 0 Å². The maximum Gasteiger partial charge on any atom is 0.358 e. The number of aromatic nitrogens is 4. The fourth-order valence-corrected chi connectivity index (χ4v) is 1.02. The molecule has 0 aliphatic carbocycles. The molecule has 14 heavy (non-hydrogen) atoms. The molecule has 7 nitrogen and oxygen atoms in total. The maximum absolute atomic E-state index is 11.1. The number of nitrogens with two attached hydrogens (primary N) is 1. The summed E-state index contributed by atoms with van der Waals surface area (Å²) in [6, 6.07) is 0. The van der Waals surface area contributed by atoms with Gasteiger partial charge < -0.3 is 10.5 Å². The van der Waals surface area contributed by atoms with Crippen molar-refractivity contribution < 1.29 is 9.53 Å². The number of fused-ring (bicyclic) bond motifs is 1. The van der Waals surface area contributed by atoms with Gasteiger partial charge in [-0.15, -0.1) is 5.10 Å². The summed E-state index contributed by atoms with van der Waals surface area (Å²) in [7, 11) is 1.28. The molecule has 0 aliphatic rings. The monoisotopic (exact) mass is 193 g/mol. The Balaban J connectivity index is 2.55. The van der Waals surface area contributed by atoms with Gasteiger partial charge in [0.25, 0.3) is 0 Å². The fourth-order valence-electron chi connectivity index (χ4n) is 1.02. The molecule has 0 spiro atoms. The van der Waals surface area contributed by atoms with Crippen LogP contribution in [0.4, 0.5) is 5.95 Å². The van der Waals surface area contributed by atoms with Crippen molar-refractivity contribution in [3.05, 3.63) is 18.1 Å². The van der Waals surface area contributed by atoms with Gasteiger partial charge in [-0.25, -0.2) is 14.3 Å². The molecule has 0 aliphatic heterocycles. The molecule has 0 aromatic carbocycles. The van der Waals surface area contributed by atoms with Crippen LogP contribution in [0.15, 0.2) is 12.4 Å². The Morgan fingerprint density at radius 2 is 2.43 bits per heavy atom. The lowest BCUT2D eigenvalue weighted by atomic mass is 10.4. The van der Waals surface area contributed by atoms with Crippen molar-refractivity contribution in [3.63, 3.8) is 0 Å². The van der Waals surface area contributed by atoms with Gasteiger partial charge in [0.2, 0.25) is 5.95 Å². The molecule has 2 aromatic rings. The topological polar surface area (TPSA) is 95.4 Å². The van der Waals surface area contributed by atoms with E-state index in [9.17, 15) is 4.79 Å². The average Bonchev–Trinajstić information content (AvgIpc) is 2.55. The predicted octanol–water partition coefficient (Wildman–Crippen LogP) is -0.507. The highest BCUT2D eigenvalue weighted by Crippen LogP contribution is 2.03. The molecule has 7 heteroatoms. The van der Waals surface area contributed by atoms with Crippen molar-refractivity contribution in [2.24, 2.45) is 0 Å². The Morgan fingerprint density at radius 3 is 3.14 bits per heavy atom. The number of carbonyl (C=O) groups is 1. The normalized spacial score (nSPS) is 10.4. The lowest BCUT2D eigenvalue weighted by molar-refractivity contribution is 0.0593. The highest BCUT2D eigenvalue weighted by Gasteiger charge is 2.09. The van der Waals surface area contributed by atoms with Gasteiger partial charge in [0, 0.05) is 0 Å². The second-order valence-electron chi connectivity index (χ2n) is 2.54. The molecule has 0 atom stereocenters. The van der Waals surface area contributed by atoms with E-state index in [2.05, 4.69) is 19.8 Å². The Morgan fingerprint density at radius 1 is 1.64 bits per heavy atom. The molecule has 0 radical (unpaired) electrons. The molecule has 2 heterocycles. The van der Waals surface area contributed by atoms with Crippen LogP contribution in [0.2, 0.25) is 0 Å². The van der Waals surface area contributed by atoms with Gasteiger partial charge in [0.15, 0.2) is 11.3 Å². The van der Waals surface area contributed by atoms with Crippen LogP contribution >= 0.6 is 0 Å². The van der Waals surface area contributed by atoms with E-state index in [4.69, 9.17) is 5.73 Å². The molecule has 0 saturated heterocycles. The number of nitrogen functional groups attached to an aromatic ring is 1. The van der Waals surface area contributed by atoms with E-state index >= 15 is 0 Å². The third-order valence-corrected chi connectivity index (χ3v) is 1.63. The molecular weight excluding hydrogens is 186 g/mol. The van der Waals surface area contributed by atoms with Gasteiger partial charge in [0.05, 0.1) is 19.5 Å². The number of esters is 1. The van der Waals surface area contributed by atoms with Crippen LogP contribution in [0, 0.1) is 0 Å². The number of rotatable bonds is 1. The number of hydrogen-bond donors (Lipinski definition) is 1. The molecule has 0 unspecified atom stereocenters. The van der Waals surface area contributed by atoms with E-state index in [1.54, 1.807) is 0 Å². The molecule has 0 bridgehead atoms. The van der Waals surface area contributed by atoms with Crippen LogP contribution in [0.5, 0.6) is 0 Å². The zero-order valence-corrected chi connectivity index (χ0v) is 7.34. The number of nitrogens with zero attached hydrogens (tertiary/aromatic N) is 4. The van der Waals surface area contributed by atoms with Gasteiger partial charge in [-0.3, -0.25) is 0 Å². The number of methoxy groups -OCH3 is 1. The van der Waals surface area contributed by atoms with Crippen LogP contribution in [0.1, 0.15) is 10.5 Å². The number of anilines is 1. The Bertz CT molecular complexity index is 492. The van der Waals surface area contributed by atoms with Crippen molar-refractivity contribution in [1.82, 2.24) is 19.6 Å². The van der Waals surface area contributed by atoms with Crippen molar-refractivity contribution in [1.29, 1.82) is 0 Å². The first-order valence-corrected chi connectivity index (χ1v) is 3.77. The predicted molar refractivity (Wildman–Crippen MR) is 46.5 cm³/mol. The van der Waals surface area contributed by atoms with Crippen molar-refractivity contribution in [2.75, 3.05) is 12.8 Å². The molecule has 72 valence electrons. The summed E-state index contributed by atoms with van der Waals surface area (Å²) in [6.07, 6.45) is 2.81. The maximum atomic E-state index is 11.1. The Hall–Kier alpha value is -2.18. The van der Waals surface area contributed by atoms with Crippen LogP contribution in [-0.4, -0.2) is 32.7 Å². The minimum absolute atomic E-state index is 0.133. The van der Waals surface area contributed by atoms with E-state index in [0.717, 1.165) is 0 Å². The number of hydrogen-bond acceptors (Lipinski definition) is 6. The van der Waals surface area contributed by atoms with E-state index in [-0.39, 0.29) is 11.6 Å². The highest BCUT2D eigenvalue weighted by molar-refractivity contribution is 5.86. The van der Waals surface area contributed by atoms with Crippen LogP contribution in [-0.2, 0) is 4.74 Å². The van der Waals surface area contributed by atoms with Crippen LogP contribution in [0.3, 0.4) is 0 Å². The summed E-state index contributed by atoms with van der Waals surface area (Å²) < 4.78 is 5.87. The van der Waals surface area contributed by atoms with E-state index in [1.165, 1.54) is 24.0 Å². The first-order chi connectivity index (χ1) is 6.70. The fraction of sp³-hybridized carbons (Fsp3) is 0.143. The van der Waals surface area contributed by atoms with Gasteiger partial charge >= 0.3 is 5.97 Å². The minimum Gasteiger partial charge on any atom is -0.464 e. The summed E-state index contributed by atoms with van der Waals surface area (Å²) >= 11 is 0. The molecule has 0 fully saturated rings. The Kier molecular flexibility index (Phi) is 1.77. The van der Waals surface area contributed by atoms with Gasteiger partial charge in [-0.1, -0.05) is 0 Å². The molecular formula is C7H7N5O2. The van der Waals surface area contributed by atoms with E-state index in [1.807, 2.05) is 0 Å². The summed E-state index contributed by atoms with van der Waals surface area (Å²) in [5, 5.41) is 3.83. The SMILES string of the molecule is COC(=O)c1cn2nc(N)nc2cn1. The standard InChI is InChI=1S/C7H7N5O2/c1-14-6(13)4-3-12-5(2-9-4)10-7(8)11-12/h2-3H,1H3,(H2,8,11). The first-order valence-electron chi connectivity index (χ1n) is 3.77. The third-order valence-electron chi connectivity index (χ3n) is 1.63. The molecule has 2 rings (SSSR count). The highest BCUT2D eigenvalue weighted by atomic mass is 16.5. The minimum atomic E-state index is -0.527. The Labute approximate surface area is 78.5 Å². The molecule has 0 amide bonds. The van der Waals surface area contributed by atoms with Crippen LogP contribution < -0.4 is 5.73 Å². The van der Waals surface area contributed by atoms with Crippen molar-refractivity contribution >= 4 is 17.6 Å². The van der Waals surface area contributed by atoms with Gasteiger partial charge in [-0.2, -0.15) is 4.98 Å². The zero-order chi connectivity index (χ0) is 10.1. The van der Waals surface area contributed by atoms with Crippen molar-refractivity contribution in [3.8, 4) is 0 Å². The van der Waals surface area contributed by atoms with E-state index in [0.29, 0.717) is 5.65 Å². The van der Waals surface area contributed by atoms with Gasteiger partial charge in [0.1, 0.15) is 0 Å². The van der Waals surface area contributed by atoms with Crippen molar-refractivity contribution in [2.45, 2.75) is 0 Å². The lowest BCUT2D eigenvalue weighted by Crippen LogP contribution is -2.06. The van der Waals surface area contributed by atoms with E-state index < -0.39 is 5.97 Å². The second kappa shape index (κ2) is 2.95. The second-order valence-corrected chi connectivity index (χ2v) is 2.54. The molecule has 2 aromatic heterocycles. The largest absolute Gasteiger partial charge is 0.464 e. The molecule has 0 saturated carbocycles. The summed E-state index contributed by atoms with van der Waals surface area (Å²) in [6.45, 7) is 0. The third kappa shape index (κ3) is 1.24. The van der Waals surface area contributed by atoms with Crippen LogP contribution in [0.25, 0.3) is 5.65 Å². The summed E-state index contributed by atoms with van der Waals surface area (Å²) in [5.41, 5.74) is 6.00. The number of ether oxygens (including phenoxy) is 1.